The number of aryl methyl sites for hydroxylation is 1. The van der Waals surface area contributed by atoms with E-state index >= 15 is 0 Å². The Morgan fingerprint density at radius 3 is 2.33 bits per heavy atom. The monoisotopic (exact) mass is 544 g/mol. The summed E-state index contributed by atoms with van der Waals surface area (Å²) < 4.78 is 0. The van der Waals surface area contributed by atoms with E-state index in [1.807, 2.05) is 29.2 Å². The van der Waals surface area contributed by atoms with Crippen molar-refractivity contribution in [1.29, 1.82) is 0 Å². The minimum Gasteiger partial charge on any atom is -0.344 e. The maximum atomic E-state index is 13.6. The quantitative estimate of drug-likeness (QED) is 0.472. The van der Waals surface area contributed by atoms with E-state index in [4.69, 9.17) is 0 Å². The molecule has 2 aromatic carbocycles. The number of anilines is 1. The van der Waals surface area contributed by atoms with Crippen molar-refractivity contribution in [3.8, 4) is 0 Å². The molecule has 1 saturated carbocycles. The highest BCUT2D eigenvalue weighted by Gasteiger charge is 2.33. The lowest BCUT2D eigenvalue weighted by Gasteiger charge is -2.39. The van der Waals surface area contributed by atoms with Gasteiger partial charge in [0.25, 0.3) is 0 Å². The van der Waals surface area contributed by atoms with Crippen LogP contribution in [0.1, 0.15) is 81.0 Å². The van der Waals surface area contributed by atoms with Crippen molar-refractivity contribution >= 4 is 23.4 Å². The van der Waals surface area contributed by atoms with Gasteiger partial charge in [-0.15, -0.1) is 0 Å². The minimum absolute atomic E-state index is 0.0156. The molecule has 2 aliphatic carbocycles. The zero-order valence-electron chi connectivity index (χ0n) is 23.9. The van der Waals surface area contributed by atoms with Crippen molar-refractivity contribution in [2.24, 2.45) is 5.92 Å². The van der Waals surface area contributed by atoms with Crippen LogP contribution >= 0.6 is 0 Å². The summed E-state index contributed by atoms with van der Waals surface area (Å²) in [5.41, 5.74) is 4.61. The fraction of sp³-hybridized carbons (Fsp3) is 0.545. The van der Waals surface area contributed by atoms with Crippen LogP contribution in [0.25, 0.3) is 0 Å². The second-order valence-electron chi connectivity index (χ2n) is 11.7. The first-order chi connectivity index (χ1) is 19.5. The van der Waals surface area contributed by atoms with Crippen LogP contribution in [0.5, 0.6) is 0 Å². The number of fused-ring (bicyclic) bond motifs is 1. The van der Waals surface area contributed by atoms with E-state index in [0.29, 0.717) is 44.3 Å². The molecule has 1 saturated heterocycles. The predicted molar refractivity (Wildman–Crippen MR) is 158 cm³/mol. The molecule has 0 spiro atoms. The summed E-state index contributed by atoms with van der Waals surface area (Å²) in [7, 11) is 0. The van der Waals surface area contributed by atoms with E-state index < -0.39 is 6.04 Å². The molecule has 1 aliphatic heterocycles. The summed E-state index contributed by atoms with van der Waals surface area (Å²) in [5.74, 6) is 0.435. The molecule has 3 amide bonds. The third-order valence-electron chi connectivity index (χ3n) is 9.00. The Hall–Kier alpha value is -3.19. The van der Waals surface area contributed by atoms with Gasteiger partial charge in [-0.2, -0.15) is 0 Å². The number of benzene rings is 2. The van der Waals surface area contributed by atoms with Gasteiger partial charge in [-0.05, 0) is 60.4 Å². The molecule has 1 heterocycles. The van der Waals surface area contributed by atoms with Crippen LogP contribution in [0.2, 0.25) is 0 Å². The Bertz CT molecular complexity index is 1170. The molecule has 2 aromatic rings. The van der Waals surface area contributed by atoms with Crippen LogP contribution in [-0.2, 0) is 27.2 Å². The number of nitrogens with one attached hydrogen (secondary N) is 2. The summed E-state index contributed by atoms with van der Waals surface area (Å²) in [6.45, 7) is 4.83. The Morgan fingerprint density at radius 1 is 0.875 bits per heavy atom. The van der Waals surface area contributed by atoms with Crippen LogP contribution in [-0.4, -0.2) is 59.7 Å². The third kappa shape index (κ3) is 7.11. The molecule has 0 aromatic heterocycles. The normalized spacial score (nSPS) is 20.5. The third-order valence-corrected chi connectivity index (χ3v) is 9.00. The highest BCUT2D eigenvalue weighted by atomic mass is 16.2. The van der Waals surface area contributed by atoms with Gasteiger partial charge in [-0.25, -0.2) is 0 Å². The molecule has 214 valence electrons. The molecule has 7 nitrogen and oxygen atoms in total. The number of carbonyl (C=O) groups excluding carboxylic acids is 3. The Balaban J connectivity index is 1.16. The number of amides is 3. The maximum absolute atomic E-state index is 13.6. The van der Waals surface area contributed by atoms with Crippen molar-refractivity contribution in [2.45, 2.75) is 83.2 Å². The number of carbonyl (C=O) groups is 3. The van der Waals surface area contributed by atoms with Gasteiger partial charge in [0.1, 0.15) is 6.04 Å². The SMILES string of the molecule is CCC(=O)N[C@H](Cc1ccc(NC(=O)CC2CCCCC2)cc1)C(=O)N1CCN(C2CCc3ccccc32)CC1. The molecule has 7 heteroatoms. The first-order valence-electron chi connectivity index (χ1n) is 15.3. The van der Waals surface area contributed by atoms with Gasteiger partial charge in [0.2, 0.25) is 17.7 Å². The van der Waals surface area contributed by atoms with Gasteiger partial charge in [-0.3, -0.25) is 19.3 Å². The first-order valence-corrected chi connectivity index (χ1v) is 15.3. The molecular formula is C33H44N4O3. The molecule has 3 aliphatic rings. The van der Waals surface area contributed by atoms with Crippen molar-refractivity contribution < 1.29 is 14.4 Å². The van der Waals surface area contributed by atoms with E-state index in [0.717, 1.165) is 50.0 Å². The van der Waals surface area contributed by atoms with Crippen molar-refractivity contribution in [2.75, 3.05) is 31.5 Å². The molecule has 0 radical (unpaired) electrons. The molecule has 2 fully saturated rings. The van der Waals surface area contributed by atoms with Gasteiger partial charge in [-0.1, -0.05) is 62.6 Å². The van der Waals surface area contributed by atoms with Crippen molar-refractivity contribution in [3.63, 3.8) is 0 Å². The molecule has 5 rings (SSSR count). The van der Waals surface area contributed by atoms with E-state index in [2.05, 4.69) is 39.8 Å². The maximum Gasteiger partial charge on any atom is 0.245 e. The summed E-state index contributed by atoms with van der Waals surface area (Å²) in [6, 6.07) is 16.2. The predicted octanol–water partition coefficient (Wildman–Crippen LogP) is 4.86. The van der Waals surface area contributed by atoms with E-state index in [9.17, 15) is 14.4 Å². The van der Waals surface area contributed by atoms with Crippen LogP contribution < -0.4 is 10.6 Å². The molecule has 2 atom stereocenters. The number of piperazine rings is 1. The van der Waals surface area contributed by atoms with E-state index in [-0.39, 0.29) is 17.7 Å². The van der Waals surface area contributed by atoms with Gasteiger partial charge >= 0.3 is 0 Å². The lowest BCUT2D eigenvalue weighted by atomic mass is 9.87. The van der Waals surface area contributed by atoms with Gasteiger partial charge in [0.05, 0.1) is 0 Å². The fourth-order valence-electron chi connectivity index (χ4n) is 6.71. The Kier molecular flexibility index (Phi) is 9.53. The second kappa shape index (κ2) is 13.4. The Morgan fingerprint density at radius 2 is 1.60 bits per heavy atom. The van der Waals surface area contributed by atoms with Gasteiger partial charge < -0.3 is 15.5 Å². The smallest absolute Gasteiger partial charge is 0.245 e. The molecule has 1 unspecified atom stereocenters. The highest BCUT2D eigenvalue weighted by Crippen LogP contribution is 2.36. The van der Waals surface area contributed by atoms with Crippen LogP contribution in [0.4, 0.5) is 5.69 Å². The largest absolute Gasteiger partial charge is 0.344 e. The van der Waals surface area contributed by atoms with Crippen LogP contribution in [0.15, 0.2) is 48.5 Å². The zero-order chi connectivity index (χ0) is 27.9. The summed E-state index contributed by atoms with van der Waals surface area (Å²) in [6.07, 6.45) is 9.64. The summed E-state index contributed by atoms with van der Waals surface area (Å²) >= 11 is 0. The number of hydrogen-bond acceptors (Lipinski definition) is 4. The summed E-state index contributed by atoms with van der Waals surface area (Å²) in [4.78, 5) is 42.9. The van der Waals surface area contributed by atoms with Gasteiger partial charge in [0.15, 0.2) is 0 Å². The molecule has 40 heavy (non-hydrogen) atoms. The zero-order valence-corrected chi connectivity index (χ0v) is 23.9. The van der Waals surface area contributed by atoms with Crippen molar-refractivity contribution in [3.05, 3.63) is 65.2 Å². The van der Waals surface area contributed by atoms with Gasteiger partial charge in [0, 0.05) is 57.2 Å². The first kappa shape index (κ1) is 28.3. The number of rotatable bonds is 9. The molecule has 2 N–H and O–H groups in total. The number of nitrogens with zero attached hydrogens (tertiary/aromatic N) is 2. The van der Waals surface area contributed by atoms with E-state index in [1.54, 1.807) is 6.92 Å². The van der Waals surface area contributed by atoms with E-state index in [1.165, 1.54) is 30.4 Å². The topological polar surface area (TPSA) is 81.8 Å². The molecule has 0 bridgehead atoms. The minimum atomic E-state index is -0.599. The second-order valence-corrected chi connectivity index (χ2v) is 11.7. The highest BCUT2D eigenvalue weighted by molar-refractivity contribution is 5.91. The Labute approximate surface area is 238 Å². The lowest BCUT2D eigenvalue weighted by molar-refractivity contribution is -0.138. The average molecular weight is 545 g/mol. The fourth-order valence-corrected chi connectivity index (χ4v) is 6.71. The number of hydrogen-bond donors (Lipinski definition) is 2. The lowest BCUT2D eigenvalue weighted by Crippen LogP contribution is -2.55. The van der Waals surface area contributed by atoms with Crippen molar-refractivity contribution in [1.82, 2.24) is 15.1 Å². The van der Waals surface area contributed by atoms with Crippen LogP contribution in [0, 0.1) is 5.92 Å². The standard InChI is InChI=1S/C33H44N4O3/c1-2-31(38)35-29(22-25-12-15-27(16-13-25)34-32(39)23-24-8-4-3-5-9-24)33(40)37-20-18-36(19-21-37)30-17-14-26-10-6-7-11-28(26)30/h6-7,10-13,15-16,24,29-30H,2-5,8-9,14,17-23H2,1H3,(H,34,39)(H,35,38)/t29-,30?/m1/s1. The van der Waals surface area contributed by atoms with Crippen LogP contribution in [0.3, 0.4) is 0 Å². The average Bonchev–Trinajstić information content (AvgIpc) is 3.42. The summed E-state index contributed by atoms with van der Waals surface area (Å²) in [5, 5.41) is 6.00. The molecular weight excluding hydrogens is 500 g/mol.